The lowest BCUT2D eigenvalue weighted by Gasteiger charge is -2.11. The quantitative estimate of drug-likeness (QED) is 0.671. The number of thiophene rings is 1. The zero-order valence-corrected chi connectivity index (χ0v) is 13.8. The Bertz CT molecular complexity index is 854. The molecule has 2 heterocycles. The van der Waals surface area contributed by atoms with Crippen molar-refractivity contribution in [3.8, 4) is 11.4 Å². The minimum absolute atomic E-state index is 0.0106. The van der Waals surface area contributed by atoms with E-state index in [1.807, 2.05) is 35.7 Å². The Morgan fingerprint density at radius 1 is 1.21 bits per heavy atom. The van der Waals surface area contributed by atoms with Crippen LogP contribution in [0.2, 0.25) is 0 Å². The van der Waals surface area contributed by atoms with Gasteiger partial charge in [-0.1, -0.05) is 35.5 Å². The van der Waals surface area contributed by atoms with Gasteiger partial charge in [0.15, 0.2) is 6.61 Å². The number of ether oxygens (including phenoxy) is 1. The van der Waals surface area contributed by atoms with Crippen LogP contribution >= 0.6 is 11.3 Å². The SMILES string of the molecule is O=C(OCc1nc(-c2ccccc2)no1)c1csc2c1CCCC2. The molecule has 0 aliphatic heterocycles. The third-order valence-corrected chi connectivity index (χ3v) is 5.20. The highest BCUT2D eigenvalue weighted by molar-refractivity contribution is 7.10. The standard InChI is InChI=1S/C18H16N2O3S/c21-18(14-11-24-15-9-5-4-8-13(14)15)22-10-16-19-17(20-23-16)12-6-2-1-3-7-12/h1-3,6-7,11H,4-5,8-10H2. The summed E-state index contributed by atoms with van der Waals surface area (Å²) < 4.78 is 10.5. The molecule has 0 amide bonds. The molecule has 122 valence electrons. The lowest BCUT2D eigenvalue weighted by molar-refractivity contribution is 0.0429. The van der Waals surface area contributed by atoms with E-state index in [0.29, 0.717) is 17.3 Å². The van der Waals surface area contributed by atoms with Crippen LogP contribution in [0.4, 0.5) is 0 Å². The van der Waals surface area contributed by atoms with Crippen LogP contribution in [0.15, 0.2) is 40.2 Å². The fraction of sp³-hybridized carbons (Fsp3) is 0.278. The monoisotopic (exact) mass is 340 g/mol. The maximum Gasteiger partial charge on any atom is 0.339 e. The molecule has 0 saturated heterocycles. The van der Waals surface area contributed by atoms with Crippen LogP contribution in [0.1, 0.15) is 39.5 Å². The highest BCUT2D eigenvalue weighted by atomic mass is 32.1. The summed E-state index contributed by atoms with van der Waals surface area (Å²) in [4.78, 5) is 17.9. The molecule has 3 aromatic rings. The van der Waals surface area contributed by atoms with E-state index >= 15 is 0 Å². The molecule has 24 heavy (non-hydrogen) atoms. The fourth-order valence-corrected chi connectivity index (χ4v) is 4.00. The lowest BCUT2D eigenvalue weighted by Crippen LogP contribution is -2.09. The summed E-state index contributed by atoms with van der Waals surface area (Å²) in [7, 11) is 0. The Labute approximate surface area is 143 Å². The molecule has 1 aromatic carbocycles. The molecule has 0 saturated carbocycles. The third kappa shape index (κ3) is 2.97. The topological polar surface area (TPSA) is 65.2 Å². The number of esters is 1. The van der Waals surface area contributed by atoms with Crippen LogP contribution in [0.25, 0.3) is 11.4 Å². The second-order valence-electron chi connectivity index (χ2n) is 5.71. The third-order valence-electron chi connectivity index (χ3n) is 4.11. The molecule has 0 N–H and O–H groups in total. The van der Waals surface area contributed by atoms with Gasteiger partial charge in [-0.3, -0.25) is 0 Å². The van der Waals surface area contributed by atoms with Crippen molar-refractivity contribution >= 4 is 17.3 Å². The number of hydrogen-bond donors (Lipinski definition) is 0. The first-order chi connectivity index (χ1) is 11.8. The summed E-state index contributed by atoms with van der Waals surface area (Å²) in [6.45, 7) is -0.0106. The van der Waals surface area contributed by atoms with Gasteiger partial charge in [0, 0.05) is 15.8 Å². The van der Waals surface area contributed by atoms with Crippen molar-refractivity contribution in [1.29, 1.82) is 0 Å². The first kappa shape index (κ1) is 15.1. The van der Waals surface area contributed by atoms with E-state index in [1.54, 1.807) is 11.3 Å². The molecule has 0 fully saturated rings. The number of carbonyl (C=O) groups is 1. The molecule has 0 spiro atoms. The van der Waals surface area contributed by atoms with E-state index in [1.165, 1.54) is 11.3 Å². The molecule has 2 aromatic heterocycles. The average Bonchev–Trinajstić information content (AvgIpc) is 3.27. The molecular formula is C18H16N2O3S. The van der Waals surface area contributed by atoms with Crippen LogP contribution in [-0.2, 0) is 24.2 Å². The van der Waals surface area contributed by atoms with Crippen LogP contribution in [-0.4, -0.2) is 16.1 Å². The van der Waals surface area contributed by atoms with Crippen LogP contribution in [0.3, 0.4) is 0 Å². The number of aryl methyl sites for hydroxylation is 1. The van der Waals surface area contributed by atoms with Crippen molar-refractivity contribution in [2.75, 3.05) is 0 Å². The van der Waals surface area contributed by atoms with Gasteiger partial charge in [-0.25, -0.2) is 4.79 Å². The Morgan fingerprint density at radius 2 is 2.04 bits per heavy atom. The van der Waals surface area contributed by atoms with Gasteiger partial charge < -0.3 is 9.26 Å². The maximum atomic E-state index is 12.3. The van der Waals surface area contributed by atoms with Crippen molar-refractivity contribution < 1.29 is 14.1 Å². The van der Waals surface area contributed by atoms with Crippen LogP contribution in [0, 0.1) is 0 Å². The first-order valence-corrected chi connectivity index (χ1v) is 8.83. The minimum Gasteiger partial charge on any atom is -0.452 e. The smallest absolute Gasteiger partial charge is 0.339 e. The summed E-state index contributed by atoms with van der Waals surface area (Å²) in [5.74, 6) is 0.481. The number of nitrogens with zero attached hydrogens (tertiary/aromatic N) is 2. The Balaban J connectivity index is 1.43. The average molecular weight is 340 g/mol. The van der Waals surface area contributed by atoms with Gasteiger partial charge in [0.2, 0.25) is 5.82 Å². The van der Waals surface area contributed by atoms with E-state index < -0.39 is 0 Å². The van der Waals surface area contributed by atoms with Crippen molar-refractivity contribution in [1.82, 2.24) is 10.1 Å². The molecule has 1 aliphatic rings. The van der Waals surface area contributed by atoms with Gasteiger partial charge in [0.1, 0.15) is 0 Å². The van der Waals surface area contributed by atoms with Crippen molar-refractivity contribution in [3.05, 3.63) is 57.6 Å². The van der Waals surface area contributed by atoms with Gasteiger partial charge in [-0.15, -0.1) is 11.3 Å². The first-order valence-electron chi connectivity index (χ1n) is 7.95. The molecule has 0 bridgehead atoms. The van der Waals surface area contributed by atoms with Crippen molar-refractivity contribution in [3.63, 3.8) is 0 Å². The predicted octanol–water partition coefficient (Wildman–Crippen LogP) is 4.03. The Hall–Kier alpha value is -2.47. The van der Waals surface area contributed by atoms with Crippen LogP contribution < -0.4 is 0 Å². The lowest BCUT2D eigenvalue weighted by atomic mass is 9.96. The number of carbonyl (C=O) groups excluding carboxylic acids is 1. The van der Waals surface area contributed by atoms with Gasteiger partial charge >= 0.3 is 5.97 Å². The van der Waals surface area contributed by atoms with Gasteiger partial charge in [0.05, 0.1) is 5.56 Å². The summed E-state index contributed by atoms with van der Waals surface area (Å²) in [6.07, 6.45) is 4.36. The maximum absolute atomic E-state index is 12.3. The second kappa shape index (κ2) is 6.57. The number of rotatable bonds is 4. The molecule has 6 heteroatoms. The molecule has 4 rings (SSSR count). The molecule has 0 radical (unpaired) electrons. The minimum atomic E-state index is -0.311. The van der Waals surface area contributed by atoms with Crippen LogP contribution in [0.5, 0.6) is 0 Å². The summed E-state index contributed by atoms with van der Waals surface area (Å²) >= 11 is 1.65. The fourth-order valence-electron chi connectivity index (χ4n) is 2.89. The van der Waals surface area contributed by atoms with Crippen molar-refractivity contribution in [2.45, 2.75) is 32.3 Å². The zero-order valence-electron chi connectivity index (χ0n) is 13.0. The van der Waals surface area contributed by atoms with E-state index in [4.69, 9.17) is 9.26 Å². The predicted molar refractivity (Wildman–Crippen MR) is 89.8 cm³/mol. The number of aromatic nitrogens is 2. The van der Waals surface area contributed by atoms with E-state index in [-0.39, 0.29) is 12.6 Å². The highest BCUT2D eigenvalue weighted by Crippen LogP contribution is 2.30. The Morgan fingerprint density at radius 3 is 2.92 bits per heavy atom. The second-order valence-corrected chi connectivity index (χ2v) is 6.68. The normalized spacial score (nSPS) is 13.5. The van der Waals surface area contributed by atoms with Gasteiger partial charge in [-0.05, 0) is 31.2 Å². The van der Waals surface area contributed by atoms with E-state index in [9.17, 15) is 4.79 Å². The molecule has 0 atom stereocenters. The zero-order chi connectivity index (χ0) is 16.4. The largest absolute Gasteiger partial charge is 0.452 e. The highest BCUT2D eigenvalue weighted by Gasteiger charge is 2.21. The molecule has 1 aliphatic carbocycles. The summed E-state index contributed by atoms with van der Waals surface area (Å²) in [5.41, 5.74) is 2.72. The van der Waals surface area contributed by atoms with E-state index in [0.717, 1.165) is 30.4 Å². The number of fused-ring (bicyclic) bond motifs is 1. The van der Waals surface area contributed by atoms with E-state index in [2.05, 4.69) is 10.1 Å². The molecule has 5 nitrogen and oxygen atoms in total. The summed E-state index contributed by atoms with van der Waals surface area (Å²) in [6, 6.07) is 9.54. The molecular weight excluding hydrogens is 324 g/mol. The van der Waals surface area contributed by atoms with Crippen molar-refractivity contribution in [2.24, 2.45) is 0 Å². The number of benzene rings is 1. The van der Waals surface area contributed by atoms with Gasteiger partial charge in [0.25, 0.3) is 5.89 Å². The van der Waals surface area contributed by atoms with Gasteiger partial charge in [-0.2, -0.15) is 4.98 Å². The Kier molecular flexibility index (Phi) is 4.13. The summed E-state index contributed by atoms with van der Waals surface area (Å²) in [5, 5.41) is 5.83. The molecule has 0 unspecified atom stereocenters. The number of hydrogen-bond acceptors (Lipinski definition) is 6.